The number of ether oxygens (including phenoxy) is 3. The summed E-state index contributed by atoms with van der Waals surface area (Å²) in [4.78, 5) is 15.0. The second kappa shape index (κ2) is 7.42. The number of carbonyl (C=O) groups excluding carboxylic acids is 1. The Hall–Kier alpha value is -1.46. The van der Waals surface area contributed by atoms with Crippen LogP contribution in [0, 0.1) is 5.92 Å². The van der Waals surface area contributed by atoms with Crippen molar-refractivity contribution in [2.24, 2.45) is 5.92 Å². The van der Waals surface area contributed by atoms with Crippen LogP contribution < -0.4 is 9.47 Å². The van der Waals surface area contributed by atoms with Crippen molar-refractivity contribution >= 4 is 17.5 Å². The highest BCUT2D eigenvalue weighted by molar-refractivity contribution is 6.32. The van der Waals surface area contributed by atoms with E-state index in [1.165, 1.54) is 0 Å². The number of hydrogen-bond donors (Lipinski definition) is 0. The number of benzene rings is 1. The van der Waals surface area contributed by atoms with Gasteiger partial charge in [-0.05, 0) is 37.0 Å². The zero-order valence-corrected chi connectivity index (χ0v) is 15.1. The lowest BCUT2D eigenvalue weighted by Crippen LogP contribution is -2.52. The topological polar surface area (TPSA) is 48.0 Å². The Morgan fingerprint density at radius 3 is 2.96 bits per heavy atom. The minimum Gasteiger partial charge on any atom is -0.489 e. The zero-order chi connectivity index (χ0) is 17.2. The molecule has 0 saturated carbocycles. The summed E-state index contributed by atoms with van der Waals surface area (Å²) < 4.78 is 17.0. The van der Waals surface area contributed by atoms with E-state index < -0.39 is 0 Å². The van der Waals surface area contributed by atoms with E-state index in [0.717, 1.165) is 51.0 Å². The van der Waals surface area contributed by atoms with Crippen molar-refractivity contribution in [1.29, 1.82) is 0 Å². The summed E-state index contributed by atoms with van der Waals surface area (Å²) >= 11 is 6.35. The number of hydrogen-bond acceptors (Lipinski definition) is 4. The van der Waals surface area contributed by atoms with Gasteiger partial charge in [-0.3, -0.25) is 4.79 Å². The standard InChI is InChI=1S/C19H24ClNO4/c20-15-9-13(10-17-19(15)25-7-2-6-24-17)11-18(22)21-5-1-3-14-12-23-8-4-16(14)21/h9-10,14,16H,1-8,11-12H2/t14-,16+/m0/s1. The molecule has 2 saturated heterocycles. The predicted octanol–water partition coefficient (Wildman–Crippen LogP) is 3.07. The third-order valence-electron chi connectivity index (χ3n) is 5.35. The number of nitrogens with zero attached hydrogens (tertiary/aromatic N) is 1. The Labute approximate surface area is 153 Å². The van der Waals surface area contributed by atoms with Crippen LogP contribution in [0.5, 0.6) is 11.5 Å². The number of carbonyl (C=O) groups is 1. The van der Waals surface area contributed by atoms with Crippen LogP contribution in [0.1, 0.15) is 31.2 Å². The molecule has 0 spiro atoms. The second-order valence-corrected chi connectivity index (χ2v) is 7.46. The average Bonchev–Trinajstić information content (AvgIpc) is 2.87. The first-order valence-electron chi connectivity index (χ1n) is 9.17. The molecule has 0 bridgehead atoms. The molecule has 1 aromatic carbocycles. The van der Waals surface area contributed by atoms with E-state index >= 15 is 0 Å². The first kappa shape index (κ1) is 17.0. The molecule has 2 atom stereocenters. The van der Waals surface area contributed by atoms with Crippen molar-refractivity contribution in [2.75, 3.05) is 33.0 Å². The van der Waals surface area contributed by atoms with Gasteiger partial charge in [0.1, 0.15) is 0 Å². The summed E-state index contributed by atoms with van der Waals surface area (Å²) in [6, 6.07) is 4.06. The highest BCUT2D eigenvalue weighted by Crippen LogP contribution is 2.38. The van der Waals surface area contributed by atoms with Crippen LogP contribution in [-0.4, -0.2) is 49.8 Å². The fourth-order valence-electron chi connectivity index (χ4n) is 4.13. The molecule has 0 N–H and O–H groups in total. The molecule has 2 fully saturated rings. The third kappa shape index (κ3) is 3.58. The Balaban J connectivity index is 1.50. The van der Waals surface area contributed by atoms with Crippen LogP contribution in [0.2, 0.25) is 5.02 Å². The van der Waals surface area contributed by atoms with Crippen molar-refractivity contribution in [2.45, 2.75) is 38.1 Å². The van der Waals surface area contributed by atoms with Gasteiger partial charge in [-0.1, -0.05) is 11.6 Å². The molecule has 0 radical (unpaired) electrons. The maximum absolute atomic E-state index is 12.9. The van der Waals surface area contributed by atoms with Gasteiger partial charge in [0, 0.05) is 31.5 Å². The first-order valence-corrected chi connectivity index (χ1v) is 9.55. The molecular weight excluding hydrogens is 342 g/mol. The largest absolute Gasteiger partial charge is 0.489 e. The summed E-state index contributed by atoms with van der Waals surface area (Å²) in [5.41, 5.74) is 0.883. The van der Waals surface area contributed by atoms with E-state index in [0.29, 0.717) is 48.1 Å². The van der Waals surface area contributed by atoms with Crippen molar-refractivity contribution in [3.63, 3.8) is 0 Å². The molecule has 0 aromatic heterocycles. The molecule has 136 valence electrons. The van der Waals surface area contributed by atoms with Crippen LogP contribution in [0.3, 0.4) is 0 Å². The number of piperidine rings is 1. The van der Waals surface area contributed by atoms with Gasteiger partial charge in [-0.15, -0.1) is 0 Å². The molecule has 5 nitrogen and oxygen atoms in total. The van der Waals surface area contributed by atoms with E-state index in [-0.39, 0.29) is 5.91 Å². The number of fused-ring (bicyclic) bond motifs is 2. The summed E-state index contributed by atoms with van der Waals surface area (Å²) in [5, 5.41) is 0.518. The number of amides is 1. The van der Waals surface area contributed by atoms with E-state index in [2.05, 4.69) is 4.90 Å². The maximum Gasteiger partial charge on any atom is 0.227 e. The fourth-order valence-corrected chi connectivity index (χ4v) is 4.42. The Morgan fingerprint density at radius 1 is 1.16 bits per heavy atom. The van der Waals surface area contributed by atoms with Gasteiger partial charge in [0.25, 0.3) is 0 Å². The molecule has 25 heavy (non-hydrogen) atoms. The number of halogens is 1. The van der Waals surface area contributed by atoms with Crippen molar-refractivity contribution < 1.29 is 19.0 Å². The van der Waals surface area contributed by atoms with Crippen molar-refractivity contribution in [3.8, 4) is 11.5 Å². The maximum atomic E-state index is 12.9. The van der Waals surface area contributed by atoms with Gasteiger partial charge >= 0.3 is 0 Å². The quantitative estimate of drug-likeness (QED) is 0.808. The minimum absolute atomic E-state index is 0.169. The first-order chi connectivity index (χ1) is 12.2. The molecule has 3 aliphatic rings. The second-order valence-electron chi connectivity index (χ2n) is 7.05. The highest BCUT2D eigenvalue weighted by Gasteiger charge is 2.36. The van der Waals surface area contributed by atoms with Crippen molar-refractivity contribution in [1.82, 2.24) is 4.90 Å². The molecule has 1 aromatic rings. The summed E-state index contributed by atoms with van der Waals surface area (Å²) in [5.74, 6) is 1.90. The predicted molar refractivity (Wildman–Crippen MR) is 94.4 cm³/mol. The molecule has 6 heteroatoms. The third-order valence-corrected chi connectivity index (χ3v) is 5.63. The Bertz CT molecular complexity index is 649. The Kier molecular flexibility index (Phi) is 5.04. The molecule has 1 amide bonds. The van der Waals surface area contributed by atoms with Crippen LogP contribution in [0.25, 0.3) is 0 Å². The van der Waals surface area contributed by atoms with Crippen LogP contribution in [-0.2, 0) is 16.0 Å². The van der Waals surface area contributed by atoms with E-state index in [1.54, 1.807) is 0 Å². The van der Waals surface area contributed by atoms with Gasteiger partial charge in [-0.25, -0.2) is 0 Å². The fraction of sp³-hybridized carbons (Fsp3) is 0.632. The van der Waals surface area contributed by atoms with E-state index in [9.17, 15) is 4.79 Å². The lowest BCUT2D eigenvalue weighted by molar-refractivity contribution is -0.139. The molecule has 0 unspecified atom stereocenters. The molecule has 3 aliphatic heterocycles. The number of likely N-dealkylation sites (tertiary alicyclic amines) is 1. The molecule has 4 rings (SSSR count). The van der Waals surface area contributed by atoms with Gasteiger partial charge in [0.2, 0.25) is 5.91 Å². The summed E-state index contributed by atoms with van der Waals surface area (Å²) in [6.07, 6.45) is 4.33. The van der Waals surface area contributed by atoms with Crippen molar-refractivity contribution in [3.05, 3.63) is 22.7 Å². The highest BCUT2D eigenvalue weighted by atomic mass is 35.5. The molecule has 0 aliphatic carbocycles. The average molecular weight is 366 g/mol. The summed E-state index contributed by atoms with van der Waals surface area (Å²) in [6.45, 7) is 3.59. The van der Waals surface area contributed by atoms with Gasteiger partial charge in [0.05, 0.1) is 31.3 Å². The SMILES string of the molecule is O=C(Cc1cc(Cl)c2c(c1)OCCCO2)N1CCC[C@H]2COCC[C@H]21. The molecular formula is C19H24ClNO4. The zero-order valence-electron chi connectivity index (χ0n) is 14.3. The van der Waals surface area contributed by atoms with E-state index in [1.807, 2.05) is 12.1 Å². The molecule has 3 heterocycles. The lowest BCUT2D eigenvalue weighted by Gasteiger charge is -2.44. The number of rotatable bonds is 2. The van der Waals surface area contributed by atoms with Crippen LogP contribution >= 0.6 is 11.6 Å². The normalized spacial score (nSPS) is 25.9. The smallest absolute Gasteiger partial charge is 0.227 e. The van der Waals surface area contributed by atoms with Crippen LogP contribution in [0.4, 0.5) is 0 Å². The summed E-state index contributed by atoms with van der Waals surface area (Å²) in [7, 11) is 0. The van der Waals surface area contributed by atoms with Gasteiger partial charge in [0.15, 0.2) is 11.5 Å². The van der Waals surface area contributed by atoms with E-state index in [4.69, 9.17) is 25.8 Å². The van der Waals surface area contributed by atoms with Gasteiger partial charge < -0.3 is 19.1 Å². The minimum atomic E-state index is 0.169. The monoisotopic (exact) mass is 365 g/mol. The van der Waals surface area contributed by atoms with Gasteiger partial charge in [-0.2, -0.15) is 0 Å². The van der Waals surface area contributed by atoms with Crippen LogP contribution in [0.15, 0.2) is 12.1 Å². The lowest BCUT2D eigenvalue weighted by atomic mass is 9.86. The Morgan fingerprint density at radius 2 is 2.04 bits per heavy atom.